The summed E-state index contributed by atoms with van der Waals surface area (Å²) in [5.41, 5.74) is 1.06. The van der Waals surface area contributed by atoms with Crippen LogP contribution in [0.1, 0.15) is 23.7 Å². The number of hydrogen-bond donors (Lipinski definition) is 2. The van der Waals surface area contributed by atoms with Gasteiger partial charge in [0.05, 0.1) is 5.02 Å². The third-order valence-electron chi connectivity index (χ3n) is 3.79. The van der Waals surface area contributed by atoms with Crippen LogP contribution in [0, 0.1) is 0 Å². The van der Waals surface area contributed by atoms with Crippen molar-refractivity contribution in [2.45, 2.75) is 19.4 Å². The summed E-state index contributed by atoms with van der Waals surface area (Å²) in [5, 5.41) is 6.35. The van der Waals surface area contributed by atoms with Gasteiger partial charge < -0.3 is 20.1 Å². The molecule has 0 saturated carbocycles. The van der Waals surface area contributed by atoms with Crippen molar-refractivity contribution >= 4 is 40.7 Å². The lowest BCUT2D eigenvalue weighted by atomic mass is 10.2. The summed E-state index contributed by atoms with van der Waals surface area (Å²) >= 11 is 11.9. The third-order valence-corrected chi connectivity index (χ3v) is 4.32. The Morgan fingerprint density at radius 1 is 1.11 bits per heavy atom. The van der Waals surface area contributed by atoms with Crippen LogP contribution in [0.25, 0.3) is 0 Å². The van der Waals surface area contributed by atoms with E-state index in [0.717, 1.165) is 6.42 Å². The van der Waals surface area contributed by atoms with Gasteiger partial charge >= 0.3 is 0 Å². The van der Waals surface area contributed by atoms with E-state index in [-0.39, 0.29) is 11.8 Å². The van der Waals surface area contributed by atoms with Gasteiger partial charge in [-0.1, -0.05) is 23.2 Å². The highest BCUT2D eigenvalue weighted by Gasteiger charge is 2.17. The SMILES string of the molecule is COCCCNC(=O)c1ccc(NC(=O)C(C)Oc2ccc(Cl)cc2Cl)cc1. The second-order valence-corrected chi connectivity index (χ2v) is 6.85. The van der Waals surface area contributed by atoms with Gasteiger partial charge in [0, 0.05) is 36.5 Å². The van der Waals surface area contributed by atoms with Crippen LogP contribution in [0.5, 0.6) is 5.75 Å². The molecule has 1 atom stereocenters. The van der Waals surface area contributed by atoms with Gasteiger partial charge in [0.25, 0.3) is 11.8 Å². The second-order valence-electron chi connectivity index (χ2n) is 6.00. The van der Waals surface area contributed by atoms with Gasteiger partial charge in [0.1, 0.15) is 5.75 Å². The monoisotopic (exact) mass is 424 g/mol. The van der Waals surface area contributed by atoms with Crippen LogP contribution in [0.3, 0.4) is 0 Å². The first-order chi connectivity index (χ1) is 13.4. The zero-order chi connectivity index (χ0) is 20.5. The molecule has 2 rings (SSSR count). The fourth-order valence-electron chi connectivity index (χ4n) is 2.28. The molecule has 6 nitrogen and oxygen atoms in total. The Morgan fingerprint density at radius 2 is 1.82 bits per heavy atom. The predicted octanol–water partition coefficient (Wildman–Crippen LogP) is 4.17. The average molecular weight is 425 g/mol. The Morgan fingerprint density at radius 3 is 2.46 bits per heavy atom. The number of rotatable bonds is 9. The number of carbonyl (C=O) groups is 2. The smallest absolute Gasteiger partial charge is 0.265 e. The summed E-state index contributed by atoms with van der Waals surface area (Å²) in [6.45, 7) is 2.74. The van der Waals surface area contributed by atoms with Crippen LogP contribution in [0.2, 0.25) is 10.0 Å². The third kappa shape index (κ3) is 6.71. The summed E-state index contributed by atoms with van der Waals surface area (Å²) in [7, 11) is 1.62. The van der Waals surface area contributed by atoms with E-state index < -0.39 is 6.10 Å². The fourth-order valence-corrected chi connectivity index (χ4v) is 2.74. The molecule has 2 aromatic rings. The fraction of sp³-hybridized carbons (Fsp3) is 0.300. The van der Waals surface area contributed by atoms with E-state index in [9.17, 15) is 9.59 Å². The van der Waals surface area contributed by atoms with Gasteiger partial charge in [0.15, 0.2) is 6.10 Å². The summed E-state index contributed by atoms with van der Waals surface area (Å²) in [6.07, 6.45) is -0.0336. The Labute approximate surface area is 174 Å². The molecule has 0 fully saturated rings. The van der Waals surface area contributed by atoms with E-state index >= 15 is 0 Å². The molecule has 0 spiro atoms. The first-order valence-electron chi connectivity index (χ1n) is 8.70. The van der Waals surface area contributed by atoms with E-state index in [4.69, 9.17) is 32.7 Å². The van der Waals surface area contributed by atoms with Crippen LogP contribution < -0.4 is 15.4 Å². The van der Waals surface area contributed by atoms with Crippen molar-refractivity contribution in [1.29, 1.82) is 0 Å². The molecule has 0 aliphatic carbocycles. The maximum absolute atomic E-state index is 12.3. The van der Waals surface area contributed by atoms with Crippen LogP contribution in [-0.4, -0.2) is 38.2 Å². The number of methoxy groups -OCH3 is 1. The quantitative estimate of drug-likeness (QED) is 0.592. The summed E-state index contributed by atoms with van der Waals surface area (Å²) in [4.78, 5) is 24.3. The Balaban J connectivity index is 1.88. The van der Waals surface area contributed by atoms with Gasteiger partial charge in [0.2, 0.25) is 0 Å². The van der Waals surface area contributed by atoms with E-state index in [1.54, 1.807) is 56.5 Å². The predicted molar refractivity (Wildman–Crippen MR) is 110 cm³/mol. The molecular weight excluding hydrogens is 403 g/mol. The molecule has 2 N–H and O–H groups in total. The normalized spacial score (nSPS) is 11.6. The van der Waals surface area contributed by atoms with Crippen molar-refractivity contribution in [2.75, 3.05) is 25.6 Å². The van der Waals surface area contributed by atoms with Crippen LogP contribution in [0.4, 0.5) is 5.69 Å². The lowest BCUT2D eigenvalue weighted by Crippen LogP contribution is -2.30. The summed E-state index contributed by atoms with van der Waals surface area (Å²) in [5.74, 6) is -0.153. The molecule has 150 valence electrons. The van der Waals surface area contributed by atoms with Gasteiger partial charge in [-0.25, -0.2) is 0 Å². The molecule has 0 saturated heterocycles. The second kappa shape index (κ2) is 10.9. The van der Waals surface area contributed by atoms with Crippen molar-refractivity contribution in [3.05, 3.63) is 58.1 Å². The number of ether oxygens (including phenoxy) is 2. The molecular formula is C20H22Cl2N2O4. The van der Waals surface area contributed by atoms with Gasteiger partial charge in [-0.2, -0.15) is 0 Å². The van der Waals surface area contributed by atoms with E-state index in [0.29, 0.717) is 40.2 Å². The maximum atomic E-state index is 12.3. The Kier molecular flexibility index (Phi) is 8.57. The number of carbonyl (C=O) groups excluding carboxylic acids is 2. The van der Waals surface area contributed by atoms with Gasteiger partial charge in [-0.15, -0.1) is 0 Å². The van der Waals surface area contributed by atoms with E-state index in [1.807, 2.05) is 0 Å². The van der Waals surface area contributed by atoms with Crippen molar-refractivity contribution in [1.82, 2.24) is 5.32 Å². The lowest BCUT2D eigenvalue weighted by molar-refractivity contribution is -0.122. The molecule has 2 amide bonds. The van der Waals surface area contributed by atoms with Crippen LogP contribution >= 0.6 is 23.2 Å². The summed E-state index contributed by atoms with van der Waals surface area (Å²) < 4.78 is 10.5. The minimum Gasteiger partial charge on any atom is -0.479 e. The van der Waals surface area contributed by atoms with Gasteiger partial charge in [-0.05, 0) is 55.8 Å². The number of anilines is 1. The first kappa shape index (κ1) is 22.0. The largest absolute Gasteiger partial charge is 0.479 e. The molecule has 0 aromatic heterocycles. The molecule has 0 aliphatic rings. The summed E-state index contributed by atoms with van der Waals surface area (Å²) in [6, 6.07) is 11.4. The van der Waals surface area contributed by atoms with E-state index in [2.05, 4.69) is 10.6 Å². The standard InChI is InChI=1S/C20H22Cl2N2O4/c1-13(28-18-9-6-15(21)12-17(18)22)19(25)24-16-7-4-14(5-8-16)20(26)23-10-3-11-27-2/h4-9,12-13H,3,10-11H2,1-2H3,(H,23,26)(H,24,25). The number of amides is 2. The molecule has 2 aromatic carbocycles. The Bertz CT molecular complexity index is 812. The number of halogens is 2. The van der Waals surface area contributed by atoms with Crippen molar-refractivity contribution in [3.63, 3.8) is 0 Å². The topological polar surface area (TPSA) is 76.7 Å². The lowest BCUT2D eigenvalue weighted by Gasteiger charge is -2.16. The van der Waals surface area contributed by atoms with E-state index in [1.165, 1.54) is 0 Å². The number of hydrogen-bond acceptors (Lipinski definition) is 4. The molecule has 0 bridgehead atoms. The van der Waals surface area contributed by atoms with Crippen LogP contribution in [-0.2, 0) is 9.53 Å². The highest BCUT2D eigenvalue weighted by molar-refractivity contribution is 6.35. The molecule has 0 aliphatic heterocycles. The molecule has 8 heteroatoms. The minimum atomic E-state index is -0.776. The maximum Gasteiger partial charge on any atom is 0.265 e. The molecule has 0 heterocycles. The first-order valence-corrected chi connectivity index (χ1v) is 9.46. The molecule has 0 radical (unpaired) electrons. The number of benzene rings is 2. The average Bonchev–Trinajstić information content (AvgIpc) is 2.67. The van der Waals surface area contributed by atoms with Gasteiger partial charge in [-0.3, -0.25) is 9.59 Å². The zero-order valence-corrected chi connectivity index (χ0v) is 17.1. The molecule has 28 heavy (non-hydrogen) atoms. The van der Waals surface area contributed by atoms with Crippen molar-refractivity contribution in [2.24, 2.45) is 0 Å². The van der Waals surface area contributed by atoms with Crippen molar-refractivity contribution in [3.8, 4) is 5.75 Å². The highest BCUT2D eigenvalue weighted by Crippen LogP contribution is 2.28. The minimum absolute atomic E-state index is 0.178. The number of nitrogens with one attached hydrogen (secondary N) is 2. The highest BCUT2D eigenvalue weighted by atomic mass is 35.5. The molecule has 1 unspecified atom stereocenters. The Hall–Kier alpha value is -2.28. The van der Waals surface area contributed by atoms with Crippen LogP contribution in [0.15, 0.2) is 42.5 Å². The zero-order valence-electron chi connectivity index (χ0n) is 15.6. The van der Waals surface area contributed by atoms with Crippen molar-refractivity contribution < 1.29 is 19.1 Å².